The molecule has 1 amide bonds. The van der Waals surface area contributed by atoms with Crippen LogP contribution in [0, 0.1) is 0 Å². The van der Waals surface area contributed by atoms with Crippen molar-refractivity contribution in [2.75, 3.05) is 11.4 Å². The highest BCUT2D eigenvalue weighted by Gasteiger charge is 2.31. The number of hydrogen-bond acceptors (Lipinski definition) is 3. The molecule has 1 fully saturated rings. The summed E-state index contributed by atoms with van der Waals surface area (Å²) >= 11 is 0. The maximum Gasteiger partial charge on any atom is 0.243 e. The molecule has 4 heteroatoms. The molecule has 3 rings (SSSR count). The average molecular weight is 295 g/mol. The van der Waals surface area contributed by atoms with Gasteiger partial charge in [0, 0.05) is 18.4 Å². The fraction of sp³-hybridized carbons (Fsp3) is 0.333. The third-order valence-electron chi connectivity index (χ3n) is 4.13. The zero-order valence-corrected chi connectivity index (χ0v) is 12.8. The quantitative estimate of drug-likeness (QED) is 0.943. The van der Waals surface area contributed by atoms with Crippen LogP contribution < -0.4 is 10.2 Å². The maximum absolute atomic E-state index is 12.6. The lowest BCUT2D eigenvalue weighted by atomic mass is 10.1. The summed E-state index contributed by atoms with van der Waals surface area (Å²) in [6.45, 7) is 2.90. The highest BCUT2D eigenvalue weighted by Crippen LogP contribution is 2.25. The van der Waals surface area contributed by atoms with Gasteiger partial charge in [0.05, 0.1) is 11.7 Å². The summed E-state index contributed by atoms with van der Waals surface area (Å²) in [5.74, 6) is 0.0829. The lowest BCUT2D eigenvalue weighted by molar-refractivity contribution is -0.122. The van der Waals surface area contributed by atoms with E-state index in [9.17, 15) is 4.79 Å². The Hall–Kier alpha value is -2.36. The van der Waals surface area contributed by atoms with E-state index in [-0.39, 0.29) is 18.0 Å². The Morgan fingerprint density at radius 2 is 2.00 bits per heavy atom. The molecule has 0 spiro atoms. The summed E-state index contributed by atoms with van der Waals surface area (Å²) in [6, 6.07) is 15.7. The van der Waals surface area contributed by atoms with Gasteiger partial charge in [-0.15, -0.1) is 0 Å². The number of nitrogens with zero attached hydrogens (tertiary/aromatic N) is 2. The predicted octanol–water partition coefficient (Wildman–Crippen LogP) is 2.93. The van der Waals surface area contributed by atoms with Gasteiger partial charge in [-0.2, -0.15) is 0 Å². The van der Waals surface area contributed by atoms with E-state index in [4.69, 9.17) is 0 Å². The van der Waals surface area contributed by atoms with Crippen LogP contribution in [0.15, 0.2) is 54.7 Å². The molecule has 4 nitrogen and oxygen atoms in total. The van der Waals surface area contributed by atoms with Gasteiger partial charge >= 0.3 is 0 Å². The predicted molar refractivity (Wildman–Crippen MR) is 87.6 cm³/mol. The normalized spacial score (nSPS) is 19.0. The van der Waals surface area contributed by atoms with E-state index in [1.807, 2.05) is 43.3 Å². The van der Waals surface area contributed by atoms with E-state index >= 15 is 0 Å². The number of rotatable bonds is 4. The lowest BCUT2D eigenvalue weighted by Gasteiger charge is -2.27. The van der Waals surface area contributed by atoms with E-state index in [2.05, 4.69) is 27.3 Å². The first-order valence-electron chi connectivity index (χ1n) is 7.78. The van der Waals surface area contributed by atoms with Crippen molar-refractivity contribution in [3.63, 3.8) is 0 Å². The zero-order chi connectivity index (χ0) is 15.4. The number of carbonyl (C=O) groups is 1. The SMILES string of the molecule is C[C@H](NC(=O)C1CCCN1c1ccccc1)c1ccccn1. The van der Waals surface area contributed by atoms with E-state index in [0.717, 1.165) is 30.8 Å². The number of benzene rings is 1. The van der Waals surface area contributed by atoms with Crippen LogP contribution in [0.2, 0.25) is 0 Å². The van der Waals surface area contributed by atoms with Gasteiger partial charge in [-0.3, -0.25) is 9.78 Å². The molecule has 114 valence electrons. The molecule has 0 bridgehead atoms. The molecule has 1 aliphatic rings. The minimum Gasteiger partial charge on any atom is -0.360 e. The fourth-order valence-electron chi connectivity index (χ4n) is 2.98. The third-order valence-corrected chi connectivity index (χ3v) is 4.13. The summed E-state index contributed by atoms with van der Waals surface area (Å²) in [5, 5.41) is 3.09. The lowest BCUT2D eigenvalue weighted by Crippen LogP contribution is -2.44. The van der Waals surface area contributed by atoms with Gasteiger partial charge in [0.2, 0.25) is 5.91 Å². The van der Waals surface area contributed by atoms with Crippen LogP contribution in [0.5, 0.6) is 0 Å². The van der Waals surface area contributed by atoms with Crippen LogP contribution in [-0.4, -0.2) is 23.5 Å². The summed E-state index contributed by atoms with van der Waals surface area (Å²) in [5.41, 5.74) is 2.01. The van der Waals surface area contributed by atoms with Crippen molar-refractivity contribution in [3.05, 3.63) is 60.4 Å². The molecule has 1 unspecified atom stereocenters. The number of pyridine rings is 1. The Kier molecular flexibility index (Phi) is 4.37. The second kappa shape index (κ2) is 6.60. The minimum atomic E-state index is -0.0893. The van der Waals surface area contributed by atoms with Gasteiger partial charge in [-0.1, -0.05) is 24.3 Å². The molecular weight excluding hydrogens is 274 g/mol. The Bertz CT molecular complexity index is 615. The second-order valence-corrected chi connectivity index (χ2v) is 5.67. The van der Waals surface area contributed by atoms with E-state index in [1.54, 1.807) is 6.20 Å². The Balaban J connectivity index is 1.69. The van der Waals surface area contributed by atoms with E-state index in [0.29, 0.717) is 0 Å². The smallest absolute Gasteiger partial charge is 0.243 e. The number of nitrogens with one attached hydrogen (secondary N) is 1. The largest absolute Gasteiger partial charge is 0.360 e. The molecule has 0 aliphatic carbocycles. The Morgan fingerprint density at radius 3 is 2.73 bits per heavy atom. The number of amides is 1. The molecule has 1 N–H and O–H groups in total. The van der Waals surface area contributed by atoms with Crippen molar-refractivity contribution in [1.82, 2.24) is 10.3 Å². The van der Waals surface area contributed by atoms with Gasteiger partial charge in [-0.05, 0) is 44.0 Å². The Labute approximate surface area is 131 Å². The average Bonchev–Trinajstić information content (AvgIpc) is 3.06. The standard InChI is InChI=1S/C18H21N3O/c1-14(16-10-5-6-12-19-16)20-18(22)17-11-7-13-21(17)15-8-3-2-4-9-15/h2-6,8-10,12,14,17H,7,11,13H2,1H3,(H,20,22)/t14-,17?/m0/s1. The van der Waals surface area contributed by atoms with Crippen LogP contribution >= 0.6 is 0 Å². The topological polar surface area (TPSA) is 45.2 Å². The highest BCUT2D eigenvalue weighted by molar-refractivity contribution is 5.86. The molecule has 1 saturated heterocycles. The number of aromatic nitrogens is 1. The molecule has 0 saturated carbocycles. The summed E-state index contributed by atoms with van der Waals surface area (Å²) < 4.78 is 0. The molecule has 1 aromatic carbocycles. The first-order chi connectivity index (χ1) is 10.8. The molecule has 1 aliphatic heterocycles. The number of hydrogen-bond donors (Lipinski definition) is 1. The van der Waals surface area contributed by atoms with Crippen molar-refractivity contribution < 1.29 is 4.79 Å². The summed E-state index contributed by atoms with van der Waals surface area (Å²) in [4.78, 5) is 19.1. The number of para-hydroxylation sites is 1. The van der Waals surface area contributed by atoms with E-state index in [1.165, 1.54) is 0 Å². The van der Waals surface area contributed by atoms with Crippen LogP contribution in [-0.2, 0) is 4.79 Å². The van der Waals surface area contributed by atoms with Crippen LogP contribution in [0.25, 0.3) is 0 Å². The third kappa shape index (κ3) is 3.11. The Morgan fingerprint density at radius 1 is 1.23 bits per heavy atom. The van der Waals surface area contributed by atoms with Crippen molar-refractivity contribution in [3.8, 4) is 0 Å². The summed E-state index contributed by atoms with van der Waals surface area (Å²) in [7, 11) is 0. The number of carbonyl (C=O) groups excluding carboxylic acids is 1. The first kappa shape index (κ1) is 14.6. The molecule has 2 heterocycles. The monoisotopic (exact) mass is 295 g/mol. The van der Waals surface area contributed by atoms with Gasteiger partial charge in [0.25, 0.3) is 0 Å². The van der Waals surface area contributed by atoms with Gasteiger partial charge < -0.3 is 10.2 Å². The van der Waals surface area contributed by atoms with Gasteiger partial charge in [0.15, 0.2) is 0 Å². The molecule has 0 radical (unpaired) electrons. The van der Waals surface area contributed by atoms with Crippen molar-refractivity contribution >= 4 is 11.6 Å². The van der Waals surface area contributed by atoms with Crippen LogP contribution in [0.1, 0.15) is 31.5 Å². The summed E-state index contributed by atoms with van der Waals surface area (Å²) in [6.07, 6.45) is 3.70. The molecule has 1 aromatic heterocycles. The van der Waals surface area contributed by atoms with Gasteiger partial charge in [-0.25, -0.2) is 0 Å². The molecule has 2 aromatic rings. The molecule has 2 atom stereocenters. The second-order valence-electron chi connectivity index (χ2n) is 5.67. The maximum atomic E-state index is 12.6. The van der Waals surface area contributed by atoms with Crippen molar-refractivity contribution in [2.24, 2.45) is 0 Å². The first-order valence-corrected chi connectivity index (χ1v) is 7.78. The van der Waals surface area contributed by atoms with Gasteiger partial charge in [0.1, 0.15) is 6.04 Å². The number of anilines is 1. The molecular formula is C18H21N3O. The molecule has 22 heavy (non-hydrogen) atoms. The van der Waals surface area contributed by atoms with Crippen molar-refractivity contribution in [1.29, 1.82) is 0 Å². The van der Waals surface area contributed by atoms with Crippen molar-refractivity contribution in [2.45, 2.75) is 31.8 Å². The van der Waals surface area contributed by atoms with Crippen LogP contribution in [0.3, 0.4) is 0 Å². The highest BCUT2D eigenvalue weighted by atomic mass is 16.2. The van der Waals surface area contributed by atoms with E-state index < -0.39 is 0 Å². The fourth-order valence-corrected chi connectivity index (χ4v) is 2.98. The zero-order valence-electron chi connectivity index (χ0n) is 12.8. The van der Waals surface area contributed by atoms with Crippen LogP contribution in [0.4, 0.5) is 5.69 Å². The minimum absolute atomic E-state index is 0.0769.